The van der Waals surface area contributed by atoms with Gasteiger partial charge in [-0.05, 0) is 17.7 Å². The summed E-state index contributed by atoms with van der Waals surface area (Å²) in [7, 11) is 0. The first-order chi connectivity index (χ1) is 16.1. The number of nitrogens with zero attached hydrogens (tertiary/aromatic N) is 2. The Bertz CT molecular complexity index is 1220. The predicted molar refractivity (Wildman–Crippen MR) is 127 cm³/mol. The number of carboxylic acid groups (broad SMARTS) is 1. The lowest BCUT2D eigenvalue weighted by molar-refractivity contribution is -0.148. The van der Waals surface area contributed by atoms with Gasteiger partial charge >= 0.3 is 5.97 Å². The van der Waals surface area contributed by atoms with Crippen LogP contribution in [0.5, 0.6) is 0 Å². The van der Waals surface area contributed by atoms with Crippen molar-refractivity contribution in [3.63, 3.8) is 0 Å². The van der Waals surface area contributed by atoms with Crippen LogP contribution in [0.1, 0.15) is 32.3 Å². The quantitative estimate of drug-likeness (QED) is 0.349. The van der Waals surface area contributed by atoms with Crippen molar-refractivity contribution in [2.45, 2.75) is 12.1 Å². The molecule has 0 spiro atoms. The number of pyridine rings is 2. The van der Waals surface area contributed by atoms with Crippen LogP contribution in [-0.2, 0) is 4.79 Å². The molecule has 0 aliphatic heterocycles. The first-order valence-electron chi connectivity index (χ1n) is 9.31. The zero-order valence-corrected chi connectivity index (χ0v) is 19.8. The molecule has 2 heterocycles. The number of amides is 2. The van der Waals surface area contributed by atoms with Crippen LogP contribution < -0.4 is 10.6 Å². The molecule has 0 saturated heterocycles. The minimum Gasteiger partial charge on any atom is -0.479 e. The Morgan fingerprint density at radius 1 is 0.765 bits per heavy atom. The lowest BCUT2D eigenvalue weighted by atomic mass is 10.00. The molecule has 1 aromatic carbocycles. The van der Waals surface area contributed by atoms with Crippen molar-refractivity contribution >= 4 is 69.9 Å². The molecule has 2 aromatic heterocycles. The molecular formula is C21H14Cl4N4O5. The number of aromatic nitrogens is 2. The minimum atomic E-state index is -2.00. The average Bonchev–Trinajstić information content (AvgIpc) is 2.77. The summed E-state index contributed by atoms with van der Waals surface area (Å²) >= 11 is 24.0. The molecule has 0 radical (unpaired) electrons. The van der Waals surface area contributed by atoms with Gasteiger partial charge in [-0.25, -0.2) is 4.79 Å². The molecule has 9 nitrogen and oxygen atoms in total. The van der Waals surface area contributed by atoms with Gasteiger partial charge in [-0.1, -0.05) is 58.5 Å². The number of carbonyl (C=O) groups is 3. The summed E-state index contributed by atoms with van der Waals surface area (Å²) < 4.78 is 0. The van der Waals surface area contributed by atoms with Crippen LogP contribution in [0.2, 0.25) is 20.1 Å². The molecule has 0 fully saturated rings. The molecule has 2 unspecified atom stereocenters. The standard InChI is InChI=1S/C21H14Cl4N4O5/c22-11-5-26-6-12(23)15(11)19(31)28-10-3-1-9(2-4-10)17(18(30)21(33)34)29-20(32)16-13(24)7-27-8-14(16)25/h1-8,17-18,30H,(H,28,31)(H,29,32)(H,33,34). The zero-order chi connectivity index (χ0) is 25.0. The number of nitrogens with one attached hydrogen (secondary N) is 2. The third-order valence-electron chi connectivity index (χ3n) is 4.54. The second kappa shape index (κ2) is 11.0. The van der Waals surface area contributed by atoms with Gasteiger partial charge in [0.15, 0.2) is 6.10 Å². The van der Waals surface area contributed by atoms with Gasteiger partial charge in [0.1, 0.15) is 0 Å². The van der Waals surface area contributed by atoms with Crippen LogP contribution in [0.15, 0.2) is 49.1 Å². The largest absolute Gasteiger partial charge is 0.479 e. The highest BCUT2D eigenvalue weighted by Gasteiger charge is 2.30. The highest BCUT2D eigenvalue weighted by atomic mass is 35.5. The van der Waals surface area contributed by atoms with Gasteiger partial charge in [-0.3, -0.25) is 19.6 Å². The highest BCUT2D eigenvalue weighted by molar-refractivity contribution is 6.40. The van der Waals surface area contributed by atoms with E-state index in [0.717, 1.165) is 0 Å². The van der Waals surface area contributed by atoms with Crippen molar-refractivity contribution in [2.24, 2.45) is 0 Å². The molecule has 2 atom stereocenters. The Morgan fingerprint density at radius 2 is 1.21 bits per heavy atom. The van der Waals surface area contributed by atoms with Gasteiger partial charge in [-0.15, -0.1) is 0 Å². The van der Waals surface area contributed by atoms with Gasteiger partial charge in [0, 0.05) is 30.5 Å². The fraction of sp³-hybridized carbons (Fsp3) is 0.0952. The second-order valence-electron chi connectivity index (χ2n) is 6.77. The maximum atomic E-state index is 12.7. The van der Waals surface area contributed by atoms with Crippen LogP contribution in [0.4, 0.5) is 5.69 Å². The molecule has 0 aliphatic carbocycles. The molecule has 3 rings (SSSR count). The zero-order valence-electron chi connectivity index (χ0n) is 16.8. The summed E-state index contributed by atoms with van der Waals surface area (Å²) in [4.78, 5) is 44.2. The number of halogens is 4. The summed E-state index contributed by atoms with van der Waals surface area (Å²) in [5.41, 5.74) is 0.436. The average molecular weight is 544 g/mol. The predicted octanol–water partition coefficient (Wildman–Crippen LogP) is 4.26. The van der Waals surface area contributed by atoms with E-state index in [1.807, 2.05) is 0 Å². The SMILES string of the molecule is O=C(Nc1ccc(C(NC(=O)c2c(Cl)cncc2Cl)C(O)C(=O)O)cc1)c1c(Cl)cncc1Cl. The van der Waals surface area contributed by atoms with Gasteiger partial charge in [0.2, 0.25) is 0 Å². The minimum absolute atomic E-state index is 0.0277. The van der Waals surface area contributed by atoms with Gasteiger partial charge < -0.3 is 20.8 Å². The molecule has 34 heavy (non-hydrogen) atoms. The number of anilines is 1. The third kappa shape index (κ3) is 5.75. The number of aliphatic carboxylic acids is 1. The molecule has 0 saturated carbocycles. The number of hydrogen-bond donors (Lipinski definition) is 4. The summed E-state index contributed by atoms with van der Waals surface area (Å²) in [6, 6.07) is 4.34. The summed E-state index contributed by atoms with van der Waals surface area (Å²) in [5, 5.41) is 24.5. The fourth-order valence-electron chi connectivity index (χ4n) is 2.92. The first kappa shape index (κ1) is 25.7. The Morgan fingerprint density at radius 3 is 1.65 bits per heavy atom. The number of aliphatic hydroxyl groups excluding tert-OH is 1. The van der Waals surface area contributed by atoms with Crippen LogP contribution >= 0.6 is 46.4 Å². The maximum Gasteiger partial charge on any atom is 0.335 e. The molecular weight excluding hydrogens is 530 g/mol. The van der Waals surface area contributed by atoms with E-state index in [2.05, 4.69) is 20.6 Å². The Labute approximate surface area is 212 Å². The van der Waals surface area contributed by atoms with Gasteiger partial charge in [-0.2, -0.15) is 0 Å². The number of aliphatic hydroxyl groups is 1. The van der Waals surface area contributed by atoms with Crippen molar-refractivity contribution < 1.29 is 24.6 Å². The van der Waals surface area contributed by atoms with E-state index in [4.69, 9.17) is 46.4 Å². The first-order valence-corrected chi connectivity index (χ1v) is 10.8. The molecule has 0 aliphatic rings. The van der Waals surface area contributed by atoms with Gasteiger partial charge in [0.25, 0.3) is 11.8 Å². The Balaban J connectivity index is 1.85. The lowest BCUT2D eigenvalue weighted by Gasteiger charge is -2.23. The van der Waals surface area contributed by atoms with Crippen molar-refractivity contribution in [2.75, 3.05) is 5.32 Å². The van der Waals surface area contributed by atoms with Crippen LogP contribution in [0.25, 0.3) is 0 Å². The van der Waals surface area contributed by atoms with E-state index >= 15 is 0 Å². The summed E-state index contributed by atoms with van der Waals surface area (Å²) in [5.74, 6) is -2.99. The Kier molecular flexibility index (Phi) is 8.29. The van der Waals surface area contributed by atoms with Crippen molar-refractivity contribution in [1.82, 2.24) is 15.3 Å². The lowest BCUT2D eigenvalue weighted by Crippen LogP contribution is -2.40. The molecule has 2 amide bonds. The van der Waals surface area contributed by atoms with Crippen LogP contribution in [0.3, 0.4) is 0 Å². The van der Waals surface area contributed by atoms with E-state index in [1.165, 1.54) is 49.1 Å². The molecule has 13 heteroatoms. The van der Waals surface area contributed by atoms with Crippen molar-refractivity contribution in [3.05, 3.63) is 85.8 Å². The normalized spacial score (nSPS) is 12.5. The maximum absolute atomic E-state index is 12.7. The summed E-state index contributed by atoms with van der Waals surface area (Å²) in [6.45, 7) is 0. The fourth-order valence-corrected chi connectivity index (χ4v) is 4.00. The molecule has 0 bridgehead atoms. The van der Waals surface area contributed by atoms with Crippen molar-refractivity contribution in [1.29, 1.82) is 0 Å². The number of rotatable bonds is 7. The molecule has 176 valence electrons. The van der Waals surface area contributed by atoms with E-state index < -0.39 is 29.9 Å². The number of carbonyl (C=O) groups excluding carboxylic acids is 2. The van der Waals surface area contributed by atoms with Gasteiger partial charge in [0.05, 0.1) is 37.3 Å². The van der Waals surface area contributed by atoms with Crippen molar-refractivity contribution in [3.8, 4) is 0 Å². The Hall–Kier alpha value is -2.95. The van der Waals surface area contributed by atoms with Crippen LogP contribution in [0, 0.1) is 0 Å². The van der Waals surface area contributed by atoms with E-state index in [0.29, 0.717) is 5.69 Å². The monoisotopic (exact) mass is 542 g/mol. The van der Waals surface area contributed by atoms with E-state index in [1.54, 1.807) is 0 Å². The highest BCUT2D eigenvalue weighted by Crippen LogP contribution is 2.27. The van der Waals surface area contributed by atoms with Crippen LogP contribution in [-0.4, -0.2) is 44.1 Å². The number of hydrogen-bond acceptors (Lipinski definition) is 6. The topological polar surface area (TPSA) is 142 Å². The molecule has 3 aromatic rings. The molecule has 4 N–H and O–H groups in total. The number of carboxylic acids is 1. The van der Waals surface area contributed by atoms with E-state index in [9.17, 15) is 24.6 Å². The summed E-state index contributed by atoms with van der Waals surface area (Å²) in [6.07, 6.45) is 2.94. The second-order valence-corrected chi connectivity index (χ2v) is 8.40. The smallest absolute Gasteiger partial charge is 0.335 e. The number of benzene rings is 1. The third-order valence-corrected chi connectivity index (χ3v) is 5.69. The van der Waals surface area contributed by atoms with E-state index in [-0.39, 0.29) is 36.8 Å².